The first-order valence-corrected chi connectivity index (χ1v) is 8.70. The molecule has 0 aliphatic heterocycles. The first kappa shape index (κ1) is 21.8. The van der Waals surface area contributed by atoms with Crippen molar-refractivity contribution in [1.29, 1.82) is 0 Å². The largest absolute Gasteiger partial charge is 0.452 e. The van der Waals surface area contributed by atoms with Gasteiger partial charge in [-0.05, 0) is 41.3 Å². The molecule has 2 rings (SSSR count). The van der Waals surface area contributed by atoms with Gasteiger partial charge < -0.3 is 10.1 Å². The summed E-state index contributed by atoms with van der Waals surface area (Å²) in [6, 6.07) is 9.31. The fourth-order valence-electron chi connectivity index (χ4n) is 2.30. The molecule has 0 saturated carbocycles. The van der Waals surface area contributed by atoms with Gasteiger partial charge in [-0.2, -0.15) is 13.2 Å². The molecule has 1 N–H and O–H groups in total. The molecule has 0 fully saturated rings. The van der Waals surface area contributed by atoms with Crippen molar-refractivity contribution in [2.45, 2.75) is 32.4 Å². The third-order valence-corrected chi connectivity index (χ3v) is 4.22. The molecule has 150 valence electrons. The first-order valence-electron chi connectivity index (χ1n) is 8.32. The van der Waals surface area contributed by atoms with Gasteiger partial charge in [0, 0.05) is 0 Å². The second-order valence-electron chi connectivity index (χ2n) is 7.14. The summed E-state index contributed by atoms with van der Waals surface area (Å²) in [5.74, 6) is -1.52. The molecule has 0 radical (unpaired) electrons. The van der Waals surface area contributed by atoms with E-state index in [1.54, 1.807) is 24.3 Å². The molecule has 0 saturated heterocycles. The quantitative estimate of drug-likeness (QED) is 0.678. The lowest BCUT2D eigenvalue weighted by molar-refractivity contribution is -0.137. The van der Waals surface area contributed by atoms with Crippen molar-refractivity contribution in [3.63, 3.8) is 0 Å². The zero-order chi connectivity index (χ0) is 21.1. The van der Waals surface area contributed by atoms with E-state index in [9.17, 15) is 22.8 Å². The molecule has 1 amide bonds. The molecule has 0 aliphatic rings. The van der Waals surface area contributed by atoms with E-state index in [1.807, 2.05) is 20.8 Å². The molecular weight excluding hydrogens is 395 g/mol. The number of hydrogen-bond acceptors (Lipinski definition) is 3. The summed E-state index contributed by atoms with van der Waals surface area (Å²) >= 11 is 5.81. The topological polar surface area (TPSA) is 55.4 Å². The van der Waals surface area contributed by atoms with Gasteiger partial charge in [0.15, 0.2) is 6.61 Å². The molecule has 0 bridgehead atoms. The van der Waals surface area contributed by atoms with Crippen molar-refractivity contribution in [2.24, 2.45) is 0 Å². The SMILES string of the molecule is CC(C)(C)c1ccc(C(=O)OCC(=O)Nc2cc(C(F)(F)F)ccc2Cl)cc1. The van der Waals surface area contributed by atoms with E-state index in [-0.39, 0.29) is 21.7 Å². The number of alkyl halides is 3. The number of rotatable bonds is 4. The van der Waals surface area contributed by atoms with Crippen molar-refractivity contribution >= 4 is 29.2 Å². The minimum Gasteiger partial charge on any atom is -0.452 e. The predicted octanol–water partition coefficient (Wildman–Crippen LogP) is 5.45. The van der Waals surface area contributed by atoms with E-state index in [0.29, 0.717) is 6.07 Å². The Bertz CT molecular complexity index is 872. The Kier molecular flexibility index (Phi) is 6.39. The Hall–Kier alpha value is -2.54. The summed E-state index contributed by atoms with van der Waals surface area (Å²) in [6.07, 6.45) is -4.57. The van der Waals surface area contributed by atoms with Crippen LogP contribution >= 0.6 is 11.6 Å². The second-order valence-corrected chi connectivity index (χ2v) is 7.55. The molecule has 0 spiro atoms. The Morgan fingerprint density at radius 3 is 2.11 bits per heavy atom. The van der Waals surface area contributed by atoms with Crippen LogP contribution in [0.25, 0.3) is 0 Å². The highest BCUT2D eigenvalue weighted by atomic mass is 35.5. The molecule has 2 aromatic rings. The number of ether oxygens (including phenoxy) is 1. The number of carbonyl (C=O) groups is 2. The zero-order valence-corrected chi connectivity index (χ0v) is 16.2. The van der Waals surface area contributed by atoms with Crippen molar-refractivity contribution in [3.8, 4) is 0 Å². The van der Waals surface area contributed by atoms with Gasteiger partial charge in [-0.3, -0.25) is 4.79 Å². The third kappa shape index (κ3) is 5.73. The van der Waals surface area contributed by atoms with Gasteiger partial charge in [-0.25, -0.2) is 4.79 Å². The van der Waals surface area contributed by atoms with Crippen LogP contribution in [0.15, 0.2) is 42.5 Å². The molecule has 4 nitrogen and oxygen atoms in total. The van der Waals surface area contributed by atoms with Crippen LogP contribution in [0.2, 0.25) is 5.02 Å². The van der Waals surface area contributed by atoms with Gasteiger partial charge >= 0.3 is 12.1 Å². The number of benzene rings is 2. The van der Waals surface area contributed by atoms with Crippen molar-refractivity contribution in [2.75, 3.05) is 11.9 Å². The third-order valence-electron chi connectivity index (χ3n) is 3.89. The number of carbonyl (C=O) groups excluding carboxylic acids is 2. The van der Waals surface area contributed by atoms with Crippen LogP contribution in [-0.2, 0) is 21.1 Å². The molecule has 28 heavy (non-hydrogen) atoms. The smallest absolute Gasteiger partial charge is 0.416 e. The Morgan fingerprint density at radius 2 is 1.57 bits per heavy atom. The van der Waals surface area contributed by atoms with Crippen LogP contribution in [-0.4, -0.2) is 18.5 Å². The van der Waals surface area contributed by atoms with Crippen molar-refractivity contribution < 1.29 is 27.5 Å². The molecule has 0 atom stereocenters. The van der Waals surface area contributed by atoms with Crippen LogP contribution < -0.4 is 5.32 Å². The van der Waals surface area contributed by atoms with E-state index in [0.717, 1.165) is 17.7 Å². The summed E-state index contributed by atoms with van der Waals surface area (Å²) in [5.41, 5.74) is 0.0427. The molecule has 0 aliphatic carbocycles. The summed E-state index contributed by atoms with van der Waals surface area (Å²) in [4.78, 5) is 24.0. The number of esters is 1. The first-order chi connectivity index (χ1) is 12.9. The lowest BCUT2D eigenvalue weighted by atomic mass is 9.87. The van der Waals surface area contributed by atoms with E-state index in [4.69, 9.17) is 16.3 Å². The fraction of sp³-hybridized carbons (Fsp3) is 0.300. The van der Waals surface area contributed by atoms with Gasteiger partial charge in [-0.15, -0.1) is 0 Å². The van der Waals surface area contributed by atoms with E-state index < -0.39 is 30.2 Å². The van der Waals surface area contributed by atoms with E-state index in [2.05, 4.69) is 5.32 Å². The Morgan fingerprint density at radius 1 is 1.00 bits per heavy atom. The summed E-state index contributed by atoms with van der Waals surface area (Å²) < 4.78 is 43.2. The number of hydrogen-bond donors (Lipinski definition) is 1. The van der Waals surface area contributed by atoms with Gasteiger partial charge in [-0.1, -0.05) is 44.5 Å². The number of anilines is 1. The summed E-state index contributed by atoms with van der Waals surface area (Å²) in [6.45, 7) is 5.43. The van der Waals surface area contributed by atoms with Crippen molar-refractivity contribution in [1.82, 2.24) is 0 Å². The van der Waals surface area contributed by atoms with Gasteiger partial charge in [0.2, 0.25) is 0 Å². The normalized spacial score (nSPS) is 11.8. The molecule has 2 aromatic carbocycles. The summed E-state index contributed by atoms with van der Waals surface area (Å²) in [5, 5.41) is 2.15. The average Bonchev–Trinajstić information content (AvgIpc) is 2.60. The van der Waals surface area contributed by atoms with Crippen LogP contribution in [0.5, 0.6) is 0 Å². The number of halogens is 4. The van der Waals surface area contributed by atoms with E-state index >= 15 is 0 Å². The maximum absolute atomic E-state index is 12.8. The highest BCUT2D eigenvalue weighted by Crippen LogP contribution is 2.33. The van der Waals surface area contributed by atoms with Gasteiger partial charge in [0.05, 0.1) is 21.8 Å². The van der Waals surface area contributed by atoms with E-state index in [1.165, 1.54) is 0 Å². The number of nitrogens with one attached hydrogen (secondary N) is 1. The maximum atomic E-state index is 12.8. The second kappa shape index (κ2) is 8.22. The minimum atomic E-state index is -4.57. The lowest BCUT2D eigenvalue weighted by Crippen LogP contribution is -2.21. The average molecular weight is 414 g/mol. The molecule has 0 unspecified atom stereocenters. The molecule has 8 heteroatoms. The van der Waals surface area contributed by atoms with Crippen LogP contribution in [0.4, 0.5) is 18.9 Å². The maximum Gasteiger partial charge on any atom is 0.416 e. The standard InChI is InChI=1S/C20H19ClF3NO3/c1-19(2,3)13-6-4-12(5-7-13)18(27)28-11-17(26)25-16-10-14(20(22,23)24)8-9-15(16)21/h4-10H,11H2,1-3H3,(H,25,26). The highest BCUT2D eigenvalue weighted by molar-refractivity contribution is 6.33. The predicted molar refractivity (Wildman–Crippen MR) is 101 cm³/mol. The Labute approximate surface area is 165 Å². The van der Waals surface area contributed by atoms with Crippen LogP contribution in [0, 0.1) is 0 Å². The molecular formula is C20H19ClF3NO3. The minimum absolute atomic E-state index is 0.0644. The summed E-state index contributed by atoms with van der Waals surface area (Å²) in [7, 11) is 0. The molecule has 0 heterocycles. The van der Waals surface area contributed by atoms with Crippen LogP contribution in [0.3, 0.4) is 0 Å². The van der Waals surface area contributed by atoms with Gasteiger partial charge in [0.25, 0.3) is 5.91 Å². The fourth-order valence-corrected chi connectivity index (χ4v) is 2.47. The Balaban J connectivity index is 1.98. The number of amides is 1. The monoisotopic (exact) mass is 413 g/mol. The van der Waals surface area contributed by atoms with Crippen LogP contribution in [0.1, 0.15) is 42.3 Å². The zero-order valence-electron chi connectivity index (χ0n) is 15.5. The van der Waals surface area contributed by atoms with Crippen molar-refractivity contribution in [3.05, 3.63) is 64.2 Å². The highest BCUT2D eigenvalue weighted by Gasteiger charge is 2.31. The molecule has 0 aromatic heterocycles. The lowest BCUT2D eigenvalue weighted by Gasteiger charge is -2.18. The van der Waals surface area contributed by atoms with Gasteiger partial charge in [0.1, 0.15) is 0 Å².